The van der Waals surface area contributed by atoms with Crippen molar-refractivity contribution in [3.63, 3.8) is 0 Å². The summed E-state index contributed by atoms with van der Waals surface area (Å²) < 4.78 is 11.2. The van der Waals surface area contributed by atoms with E-state index in [1.54, 1.807) is 18.2 Å². The number of esters is 1. The first-order chi connectivity index (χ1) is 11.9. The fourth-order valence-electron chi connectivity index (χ4n) is 2.32. The molecule has 0 spiro atoms. The quantitative estimate of drug-likeness (QED) is 0.534. The maximum Gasteiger partial charge on any atom is 0.338 e. The van der Waals surface area contributed by atoms with Gasteiger partial charge in [-0.3, -0.25) is 4.79 Å². The van der Waals surface area contributed by atoms with Crippen molar-refractivity contribution in [2.45, 2.75) is 6.61 Å². The molecule has 1 amide bonds. The average molecular weight is 402 g/mol. The number of nitrogens with two attached hydrogens (primary N) is 1. The Morgan fingerprint density at radius 2 is 1.72 bits per heavy atom. The van der Waals surface area contributed by atoms with Crippen molar-refractivity contribution in [1.82, 2.24) is 0 Å². The van der Waals surface area contributed by atoms with Gasteiger partial charge in [0.2, 0.25) is 5.91 Å². The van der Waals surface area contributed by atoms with Crippen molar-refractivity contribution < 1.29 is 18.7 Å². The molecule has 0 atom stereocenters. The van der Waals surface area contributed by atoms with Crippen molar-refractivity contribution in [2.24, 2.45) is 5.73 Å². The maximum atomic E-state index is 12.1. The van der Waals surface area contributed by atoms with Crippen LogP contribution in [0, 0.1) is 0 Å². The molecule has 25 heavy (non-hydrogen) atoms. The lowest BCUT2D eigenvalue weighted by Crippen LogP contribution is -2.12. The van der Waals surface area contributed by atoms with Gasteiger partial charge in [0.25, 0.3) is 0 Å². The Morgan fingerprint density at radius 3 is 2.40 bits per heavy atom. The molecule has 0 aliphatic rings. The average Bonchev–Trinajstić information content (AvgIpc) is 2.58. The zero-order valence-electron chi connectivity index (χ0n) is 12.8. The molecule has 126 valence electrons. The number of halogens is 1. The second-order valence-corrected chi connectivity index (χ2v) is 6.16. The molecule has 0 aliphatic heterocycles. The normalized spacial score (nSPS) is 10.6. The predicted octanol–water partition coefficient (Wildman–Crippen LogP) is 3.01. The van der Waals surface area contributed by atoms with Crippen molar-refractivity contribution in [1.29, 1.82) is 0 Å². The number of carbonyl (C=O) groups excluding carboxylic acids is 2. The molecule has 0 saturated heterocycles. The van der Waals surface area contributed by atoms with Crippen LogP contribution in [0.4, 0.5) is 0 Å². The van der Waals surface area contributed by atoms with Crippen LogP contribution in [0.2, 0.25) is 0 Å². The Labute approximate surface area is 150 Å². The van der Waals surface area contributed by atoms with Crippen molar-refractivity contribution >= 4 is 38.8 Å². The summed E-state index contributed by atoms with van der Waals surface area (Å²) in [7, 11) is 0. The minimum atomic E-state index is -0.575. The van der Waals surface area contributed by atoms with Crippen LogP contribution >= 0.6 is 15.9 Å². The first-order valence-corrected chi connectivity index (χ1v) is 8.02. The topological polar surface area (TPSA) is 99.6 Å². The minimum Gasteiger partial charge on any atom is -0.457 e. The van der Waals surface area contributed by atoms with E-state index in [-0.39, 0.29) is 12.2 Å². The van der Waals surface area contributed by atoms with Crippen molar-refractivity contribution in [3.8, 4) is 0 Å². The van der Waals surface area contributed by atoms with E-state index in [4.69, 9.17) is 14.9 Å². The number of amides is 1. The van der Waals surface area contributed by atoms with Gasteiger partial charge in [-0.05, 0) is 42.5 Å². The lowest BCUT2D eigenvalue weighted by Gasteiger charge is -2.08. The minimum absolute atomic E-state index is 0.0832. The second-order valence-electron chi connectivity index (χ2n) is 5.25. The van der Waals surface area contributed by atoms with Gasteiger partial charge < -0.3 is 14.9 Å². The van der Waals surface area contributed by atoms with Gasteiger partial charge in [-0.2, -0.15) is 0 Å². The number of ether oxygens (including phenoxy) is 1. The zero-order chi connectivity index (χ0) is 18.0. The van der Waals surface area contributed by atoms with E-state index in [1.807, 2.05) is 0 Å². The monoisotopic (exact) mass is 401 g/mol. The molecule has 6 nitrogen and oxygen atoms in total. The van der Waals surface area contributed by atoms with Gasteiger partial charge in [0, 0.05) is 27.1 Å². The summed E-state index contributed by atoms with van der Waals surface area (Å²) >= 11 is 3.31. The van der Waals surface area contributed by atoms with Crippen LogP contribution in [-0.2, 0) is 11.3 Å². The standard InChI is InChI=1S/C18H12BrNO5/c19-13-5-6-14-12(7-16(21)25-15(14)8-13)9-24-18(23)11-3-1-10(2-4-11)17(20)22/h1-8H,9H2,(H2,20,22). The Bertz CT molecular complexity index is 1020. The molecule has 2 aromatic carbocycles. The summed E-state index contributed by atoms with van der Waals surface area (Å²) in [6, 6.07) is 12.3. The molecule has 1 heterocycles. The first-order valence-electron chi connectivity index (χ1n) is 7.23. The number of primary amides is 1. The van der Waals surface area contributed by atoms with Crippen LogP contribution < -0.4 is 11.4 Å². The number of benzene rings is 2. The Morgan fingerprint density at radius 1 is 1.04 bits per heavy atom. The van der Waals surface area contributed by atoms with E-state index in [1.165, 1.54) is 30.3 Å². The fraction of sp³-hybridized carbons (Fsp3) is 0.0556. The Hall–Kier alpha value is -2.93. The molecule has 0 fully saturated rings. The van der Waals surface area contributed by atoms with Crippen LogP contribution in [0.25, 0.3) is 11.0 Å². The summed E-state index contributed by atoms with van der Waals surface area (Å²) in [6.07, 6.45) is 0. The van der Waals surface area contributed by atoms with Crippen LogP contribution in [0.3, 0.4) is 0 Å². The number of carbonyl (C=O) groups is 2. The van der Waals surface area contributed by atoms with Crippen LogP contribution in [0.5, 0.6) is 0 Å². The highest BCUT2D eigenvalue weighted by Gasteiger charge is 2.11. The van der Waals surface area contributed by atoms with E-state index in [0.29, 0.717) is 22.1 Å². The van der Waals surface area contributed by atoms with E-state index in [2.05, 4.69) is 15.9 Å². The van der Waals surface area contributed by atoms with Crippen LogP contribution in [0.1, 0.15) is 26.3 Å². The largest absolute Gasteiger partial charge is 0.457 e. The third-order valence-electron chi connectivity index (χ3n) is 3.56. The van der Waals surface area contributed by atoms with Gasteiger partial charge in [0.1, 0.15) is 12.2 Å². The summed E-state index contributed by atoms with van der Waals surface area (Å²) in [4.78, 5) is 34.8. The fourth-order valence-corrected chi connectivity index (χ4v) is 2.66. The lowest BCUT2D eigenvalue weighted by molar-refractivity contribution is 0.0473. The van der Waals surface area contributed by atoms with Gasteiger partial charge in [-0.25, -0.2) is 9.59 Å². The van der Waals surface area contributed by atoms with Gasteiger partial charge in [-0.15, -0.1) is 0 Å². The van der Waals surface area contributed by atoms with Gasteiger partial charge in [-0.1, -0.05) is 15.9 Å². The molecule has 7 heteroatoms. The maximum absolute atomic E-state index is 12.1. The van der Waals surface area contributed by atoms with Crippen LogP contribution in [-0.4, -0.2) is 11.9 Å². The SMILES string of the molecule is NC(=O)c1ccc(C(=O)OCc2cc(=O)oc3cc(Br)ccc23)cc1. The second kappa shape index (κ2) is 6.90. The van der Waals surface area contributed by atoms with Crippen molar-refractivity contribution in [3.05, 3.63) is 80.1 Å². The van der Waals surface area contributed by atoms with Crippen LogP contribution in [0.15, 0.2) is 62.2 Å². The van der Waals surface area contributed by atoms with Gasteiger partial charge >= 0.3 is 11.6 Å². The Kier molecular flexibility index (Phi) is 4.67. The molecule has 0 radical (unpaired) electrons. The van der Waals surface area contributed by atoms with Gasteiger partial charge in [0.05, 0.1) is 5.56 Å². The van der Waals surface area contributed by atoms with E-state index in [0.717, 1.165) is 4.47 Å². The lowest BCUT2D eigenvalue weighted by atomic mass is 10.1. The number of fused-ring (bicyclic) bond motifs is 1. The molecule has 0 unspecified atom stereocenters. The molecule has 0 saturated carbocycles. The van der Waals surface area contributed by atoms with E-state index >= 15 is 0 Å². The highest BCUT2D eigenvalue weighted by molar-refractivity contribution is 9.10. The third kappa shape index (κ3) is 3.77. The van der Waals surface area contributed by atoms with Gasteiger partial charge in [0.15, 0.2) is 0 Å². The summed E-state index contributed by atoms with van der Waals surface area (Å²) in [6.45, 7) is -0.0832. The summed E-state index contributed by atoms with van der Waals surface area (Å²) in [5.41, 5.74) is 6.15. The Balaban J connectivity index is 1.81. The molecule has 1 aromatic heterocycles. The smallest absolute Gasteiger partial charge is 0.338 e. The summed E-state index contributed by atoms with van der Waals surface area (Å²) in [5.74, 6) is -1.15. The molecular formula is C18H12BrNO5. The number of rotatable bonds is 4. The zero-order valence-corrected chi connectivity index (χ0v) is 14.4. The molecule has 0 bridgehead atoms. The molecule has 2 N–H and O–H groups in total. The molecule has 3 aromatic rings. The summed E-state index contributed by atoms with van der Waals surface area (Å²) in [5, 5.41) is 0.680. The number of hydrogen-bond acceptors (Lipinski definition) is 5. The third-order valence-corrected chi connectivity index (χ3v) is 4.05. The number of hydrogen-bond donors (Lipinski definition) is 1. The van der Waals surface area contributed by atoms with E-state index < -0.39 is 17.5 Å². The molecular weight excluding hydrogens is 390 g/mol. The highest BCUT2D eigenvalue weighted by Crippen LogP contribution is 2.22. The predicted molar refractivity (Wildman–Crippen MR) is 94.3 cm³/mol. The highest BCUT2D eigenvalue weighted by atomic mass is 79.9. The van der Waals surface area contributed by atoms with Crippen molar-refractivity contribution in [2.75, 3.05) is 0 Å². The molecule has 3 rings (SSSR count). The molecule has 0 aliphatic carbocycles. The van der Waals surface area contributed by atoms with E-state index in [9.17, 15) is 14.4 Å². The first kappa shape index (κ1) is 16.9.